The molecule has 0 fully saturated rings. The fraction of sp³-hybridized carbons (Fsp3) is 1.00. The van der Waals surface area contributed by atoms with Crippen LogP contribution in [0.5, 0.6) is 0 Å². The highest BCUT2D eigenvalue weighted by atomic mass is 31.0. The Hall–Kier alpha value is 0.390. The predicted octanol–water partition coefficient (Wildman–Crippen LogP) is 1.90. The average molecular weight is 133 g/mol. The summed E-state index contributed by atoms with van der Waals surface area (Å²) < 4.78 is 2.26. The maximum atomic E-state index is 2.73. The SMILES string of the molecule is CCC(C)N(P)CC. The fourth-order valence-electron chi connectivity index (χ4n) is 0.546. The molecule has 50 valence electrons. The van der Waals surface area contributed by atoms with Crippen LogP contribution >= 0.6 is 9.39 Å². The lowest BCUT2D eigenvalue weighted by molar-refractivity contribution is 0.379. The Morgan fingerprint density at radius 3 is 2.12 bits per heavy atom. The molecule has 0 aromatic rings. The smallest absolute Gasteiger partial charge is 0.00982 e. The summed E-state index contributed by atoms with van der Waals surface area (Å²) in [5, 5.41) is 0. The molecular weight excluding hydrogens is 117 g/mol. The van der Waals surface area contributed by atoms with Crippen molar-refractivity contribution in [2.75, 3.05) is 6.54 Å². The van der Waals surface area contributed by atoms with Gasteiger partial charge in [-0.2, -0.15) is 0 Å². The van der Waals surface area contributed by atoms with E-state index in [4.69, 9.17) is 0 Å². The number of nitrogens with zero attached hydrogens (tertiary/aromatic N) is 1. The second kappa shape index (κ2) is 4.29. The lowest BCUT2D eigenvalue weighted by Crippen LogP contribution is -2.21. The number of rotatable bonds is 3. The Kier molecular flexibility index (Phi) is 4.50. The molecule has 2 unspecified atom stereocenters. The highest BCUT2D eigenvalue weighted by Gasteiger charge is 2.01. The fourth-order valence-corrected chi connectivity index (χ4v) is 0.757. The van der Waals surface area contributed by atoms with Crippen molar-refractivity contribution in [2.24, 2.45) is 0 Å². The molecular formula is C6H16NP. The Morgan fingerprint density at radius 1 is 1.50 bits per heavy atom. The topological polar surface area (TPSA) is 3.24 Å². The summed E-state index contributed by atoms with van der Waals surface area (Å²) in [6.07, 6.45) is 1.23. The van der Waals surface area contributed by atoms with Crippen LogP contribution < -0.4 is 0 Å². The summed E-state index contributed by atoms with van der Waals surface area (Å²) in [6, 6.07) is 0.713. The molecule has 0 aliphatic rings. The van der Waals surface area contributed by atoms with E-state index in [2.05, 4.69) is 34.8 Å². The third-order valence-corrected chi connectivity index (χ3v) is 2.40. The first-order valence-electron chi connectivity index (χ1n) is 3.23. The summed E-state index contributed by atoms with van der Waals surface area (Å²) >= 11 is 0. The minimum absolute atomic E-state index is 0.713. The maximum Gasteiger partial charge on any atom is 0.00982 e. The molecule has 0 aliphatic heterocycles. The van der Waals surface area contributed by atoms with Crippen molar-refractivity contribution >= 4 is 9.39 Å². The van der Waals surface area contributed by atoms with Gasteiger partial charge in [0.1, 0.15) is 0 Å². The molecule has 0 N–H and O–H groups in total. The van der Waals surface area contributed by atoms with E-state index in [1.54, 1.807) is 0 Å². The van der Waals surface area contributed by atoms with Gasteiger partial charge in [0, 0.05) is 6.04 Å². The van der Waals surface area contributed by atoms with E-state index in [1.165, 1.54) is 6.42 Å². The molecule has 0 saturated heterocycles. The quantitative estimate of drug-likeness (QED) is 0.531. The second-order valence-electron chi connectivity index (χ2n) is 2.09. The molecule has 0 aliphatic carbocycles. The third kappa shape index (κ3) is 2.64. The summed E-state index contributed by atoms with van der Waals surface area (Å²) in [7, 11) is 2.73. The van der Waals surface area contributed by atoms with Gasteiger partial charge in [-0.25, -0.2) is 0 Å². The van der Waals surface area contributed by atoms with Gasteiger partial charge in [0.25, 0.3) is 0 Å². The zero-order chi connectivity index (χ0) is 6.57. The molecule has 0 aromatic heterocycles. The lowest BCUT2D eigenvalue weighted by atomic mass is 10.3. The predicted molar refractivity (Wildman–Crippen MR) is 41.8 cm³/mol. The van der Waals surface area contributed by atoms with E-state index in [-0.39, 0.29) is 0 Å². The summed E-state index contributed by atoms with van der Waals surface area (Å²) in [4.78, 5) is 0. The van der Waals surface area contributed by atoms with Crippen molar-refractivity contribution in [3.63, 3.8) is 0 Å². The van der Waals surface area contributed by atoms with Crippen molar-refractivity contribution in [1.82, 2.24) is 4.67 Å². The van der Waals surface area contributed by atoms with Crippen LogP contribution in [0.15, 0.2) is 0 Å². The van der Waals surface area contributed by atoms with E-state index >= 15 is 0 Å². The van der Waals surface area contributed by atoms with Crippen LogP contribution in [-0.4, -0.2) is 17.3 Å². The molecule has 2 atom stereocenters. The lowest BCUT2D eigenvalue weighted by Gasteiger charge is -2.20. The number of hydrogen-bond acceptors (Lipinski definition) is 1. The van der Waals surface area contributed by atoms with Gasteiger partial charge in [-0.3, -0.25) is 4.67 Å². The molecule has 0 heterocycles. The van der Waals surface area contributed by atoms with Crippen LogP contribution in [0.25, 0.3) is 0 Å². The first-order valence-corrected chi connectivity index (χ1v) is 3.75. The minimum Gasteiger partial charge on any atom is -0.285 e. The Balaban J connectivity index is 3.29. The van der Waals surface area contributed by atoms with Crippen molar-refractivity contribution in [3.05, 3.63) is 0 Å². The van der Waals surface area contributed by atoms with E-state index in [1.807, 2.05) is 0 Å². The van der Waals surface area contributed by atoms with Crippen LogP contribution in [-0.2, 0) is 0 Å². The van der Waals surface area contributed by atoms with Gasteiger partial charge in [0.05, 0.1) is 0 Å². The Morgan fingerprint density at radius 2 is 2.00 bits per heavy atom. The first-order chi connectivity index (χ1) is 3.72. The van der Waals surface area contributed by atoms with Crippen LogP contribution in [0.1, 0.15) is 27.2 Å². The molecule has 0 saturated carbocycles. The van der Waals surface area contributed by atoms with E-state index in [0.717, 1.165) is 6.54 Å². The van der Waals surface area contributed by atoms with Crippen LogP contribution in [0.3, 0.4) is 0 Å². The number of hydrogen-bond donors (Lipinski definition) is 0. The largest absolute Gasteiger partial charge is 0.285 e. The van der Waals surface area contributed by atoms with E-state index in [0.29, 0.717) is 6.04 Å². The molecule has 1 nitrogen and oxygen atoms in total. The van der Waals surface area contributed by atoms with Gasteiger partial charge in [0.2, 0.25) is 0 Å². The second-order valence-corrected chi connectivity index (χ2v) is 2.75. The van der Waals surface area contributed by atoms with Crippen LogP contribution in [0.4, 0.5) is 0 Å². The van der Waals surface area contributed by atoms with Gasteiger partial charge < -0.3 is 0 Å². The molecule has 0 bridgehead atoms. The van der Waals surface area contributed by atoms with Crippen molar-refractivity contribution in [3.8, 4) is 0 Å². The normalized spacial score (nSPS) is 14.6. The monoisotopic (exact) mass is 133 g/mol. The van der Waals surface area contributed by atoms with E-state index < -0.39 is 0 Å². The molecule has 0 amide bonds. The maximum absolute atomic E-state index is 2.73. The van der Waals surface area contributed by atoms with Gasteiger partial charge in [-0.15, -0.1) is 0 Å². The highest BCUT2D eigenvalue weighted by molar-refractivity contribution is 7.13. The minimum atomic E-state index is 0.713. The Bertz CT molecular complexity index is 48.5. The molecule has 0 spiro atoms. The van der Waals surface area contributed by atoms with Gasteiger partial charge >= 0.3 is 0 Å². The average Bonchev–Trinajstić information content (AvgIpc) is 1.84. The van der Waals surface area contributed by atoms with Gasteiger partial charge in [0.15, 0.2) is 0 Å². The van der Waals surface area contributed by atoms with E-state index in [9.17, 15) is 0 Å². The van der Waals surface area contributed by atoms with Crippen molar-refractivity contribution < 1.29 is 0 Å². The summed E-state index contributed by atoms with van der Waals surface area (Å²) in [5.41, 5.74) is 0. The molecule has 0 radical (unpaired) electrons. The Labute approximate surface area is 54.7 Å². The zero-order valence-corrected chi connectivity index (χ0v) is 7.17. The molecule has 2 heteroatoms. The molecule has 0 aromatic carbocycles. The highest BCUT2D eigenvalue weighted by Crippen LogP contribution is 2.07. The van der Waals surface area contributed by atoms with Crippen LogP contribution in [0, 0.1) is 0 Å². The summed E-state index contributed by atoms with van der Waals surface area (Å²) in [5.74, 6) is 0. The molecule has 8 heavy (non-hydrogen) atoms. The van der Waals surface area contributed by atoms with Crippen molar-refractivity contribution in [2.45, 2.75) is 33.2 Å². The molecule has 0 rings (SSSR count). The standard InChI is InChI=1S/C6H16NP/c1-4-6(3)7(8)5-2/h6H,4-5,8H2,1-3H3. The first kappa shape index (κ1) is 8.39. The van der Waals surface area contributed by atoms with Gasteiger partial charge in [-0.05, 0) is 19.9 Å². The van der Waals surface area contributed by atoms with Crippen molar-refractivity contribution in [1.29, 1.82) is 0 Å². The summed E-state index contributed by atoms with van der Waals surface area (Å²) in [6.45, 7) is 7.73. The zero-order valence-electron chi connectivity index (χ0n) is 6.02. The third-order valence-electron chi connectivity index (χ3n) is 1.52. The van der Waals surface area contributed by atoms with Crippen LogP contribution in [0.2, 0.25) is 0 Å². The van der Waals surface area contributed by atoms with Gasteiger partial charge in [-0.1, -0.05) is 23.2 Å².